The number of benzene rings is 1. The smallest absolute Gasteiger partial charge is 0.0890 e. The summed E-state index contributed by atoms with van der Waals surface area (Å²) >= 11 is 0. The minimum absolute atomic E-state index is 0.449. The lowest BCUT2D eigenvalue weighted by molar-refractivity contribution is 0.538. The molecule has 1 aromatic carbocycles. The zero-order chi connectivity index (χ0) is 12.1. The highest BCUT2D eigenvalue weighted by Crippen LogP contribution is 2.09. The van der Waals surface area contributed by atoms with Crippen molar-refractivity contribution in [2.75, 3.05) is 6.54 Å². The first-order valence-corrected chi connectivity index (χ1v) is 6.23. The molecule has 1 aromatic heterocycles. The highest BCUT2D eigenvalue weighted by molar-refractivity contribution is 5.73. The SMILES string of the molecule is CCCNC(C)Cc1cnc2ccccc2n1. The quantitative estimate of drug-likeness (QED) is 0.856. The molecule has 0 aliphatic rings. The Kier molecular flexibility index (Phi) is 4.04. The van der Waals surface area contributed by atoms with Gasteiger partial charge in [-0.15, -0.1) is 0 Å². The number of para-hydroxylation sites is 2. The molecule has 1 N–H and O–H groups in total. The van der Waals surface area contributed by atoms with E-state index >= 15 is 0 Å². The van der Waals surface area contributed by atoms with Crippen molar-refractivity contribution in [2.24, 2.45) is 0 Å². The molecule has 17 heavy (non-hydrogen) atoms. The Morgan fingerprint density at radius 1 is 1.24 bits per heavy atom. The Bertz CT molecular complexity index is 482. The molecule has 0 amide bonds. The molecular weight excluding hydrogens is 210 g/mol. The first-order valence-electron chi connectivity index (χ1n) is 6.23. The molecule has 0 saturated carbocycles. The molecule has 0 aliphatic heterocycles. The van der Waals surface area contributed by atoms with Crippen LogP contribution in [0.4, 0.5) is 0 Å². The summed E-state index contributed by atoms with van der Waals surface area (Å²) in [5, 5.41) is 3.46. The van der Waals surface area contributed by atoms with Crippen LogP contribution in [0.1, 0.15) is 26.0 Å². The number of hydrogen-bond acceptors (Lipinski definition) is 3. The van der Waals surface area contributed by atoms with Crippen LogP contribution in [-0.2, 0) is 6.42 Å². The van der Waals surface area contributed by atoms with E-state index in [0.29, 0.717) is 6.04 Å². The first-order chi connectivity index (χ1) is 8.29. The van der Waals surface area contributed by atoms with E-state index in [4.69, 9.17) is 0 Å². The van der Waals surface area contributed by atoms with Crippen molar-refractivity contribution in [3.05, 3.63) is 36.2 Å². The Morgan fingerprint density at radius 3 is 2.76 bits per heavy atom. The predicted molar refractivity (Wildman–Crippen MR) is 71.0 cm³/mol. The van der Waals surface area contributed by atoms with E-state index in [1.165, 1.54) is 0 Å². The average Bonchev–Trinajstić information content (AvgIpc) is 2.36. The maximum absolute atomic E-state index is 4.62. The number of nitrogens with one attached hydrogen (secondary N) is 1. The molecule has 0 saturated heterocycles. The summed E-state index contributed by atoms with van der Waals surface area (Å²) in [7, 11) is 0. The van der Waals surface area contributed by atoms with E-state index in [9.17, 15) is 0 Å². The fourth-order valence-corrected chi connectivity index (χ4v) is 1.87. The molecule has 2 rings (SSSR count). The van der Waals surface area contributed by atoms with Gasteiger partial charge in [-0.2, -0.15) is 0 Å². The van der Waals surface area contributed by atoms with Gasteiger partial charge in [-0.05, 0) is 32.0 Å². The average molecular weight is 229 g/mol. The van der Waals surface area contributed by atoms with E-state index in [1.807, 2.05) is 30.5 Å². The molecule has 0 spiro atoms. The van der Waals surface area contributed by atoms with Gasteiger partial charge >= 0.3 is 0 Å². The van der Waals surface area contributed by atoms with E-state index < -0.39 is 0 Å². The number of hydrogen-bond donors (Lipinski definition) is 1. The van der Waals surface area contributed by atoms with Gasteiger partial charge in [0.25, 0.3) is 0 Å². The Hall–Kier alpha value is -1.48. The van der Waals surface area contributed by atoms with Crippen molar-refractivity contribution < 1.29 is 0 Å². The second kappa shape index (κ2) is 5.73. The zero-order valence-electron chi connectivity index (χ0n) is 10.5. The highest BCUT2D eigenvalue weighted by atomic mass is 14.9. The van der Waals surface area contributed by atoms with Gasteiger partial charge < -0.3 is 5.32 Å². The molecule has 0 radical (unpaired) electrons. The van der Waals surface area contributed by atoms with Crippen molar-refractivity contribution in [2.45, 2.75) is 32.7 Å². The number of fused-ring (bicyclic) bond motifs is 1. The third-order valence-corrected chi connectivity index (χ3v) is 2.76. The third kappa shape index (κ3) is 3.24. The molecule has 1 unspecified atom stereocenters. The summed E-state index contributed by atoms with van der Waals surface area (Å²) in [6, 6.07) is 8.44. The van der Waals surface area contributed by atoms with Crippen LogP contribution in [0.15, 0.2) is 30.5 Å². The third-order valence-electron chi connectivity index (χ3n) is 2.76. The van der Waals surface area contributed by atoms with Crippen LogP contribution in [0.3, 0.4) is 0 Å². The van der Waals surface area contributed by atoms with Crippen molar-refractivity contribution in [1.82, 2.24) is 15.3 Å². The van der Waals surface area contributed by atoms with Crippen LogP contribution in [0, 0.1) is 0 Å². The lowest BCUT2D eigenvalue weighted by Crippen LogP contribution is -2.29. The molecule has 0 aliphatic carbocycles. The van der Waals surface area contributed by atoms with E-state index in [2.05, 4.69) is 29.1 Å². The van der Waals surface area contributed by atoms with E-state index in [-0.39, 0.29) is 0 Å². The lowest BCUT2D eigenvalue weighted by Gasteiger charge is -2.12. The molecular formula is C14H19N3. The van der Waals surface area contributed by atoms with Gasteiger partial charge in [0, 0.05) is 18.7 Å². The van der Waals surface area contributed by atoms with Crippen LogP contribution in [0.5, 0.6) is 0 Å². The molecule has 3 heteroatoms. The standard InChI is InChI=1S/C14H19N3/c1-3-8-15-11(2)9-12-10-16-13-6-4-5-7-14(13)17-12/h4-7,10-11,15H,3,8-9H2,1-2H3. The van der Waals surface area contributed by atoms with Gasteiger partial charge in [0.2, 0.25) is 0 Å². The van der Waals surface area contributed by atoms with Gasteiger partial charge in [-0.3, -0.25) is 4.98 Å². The monoisotopic (exact) mass is 229 g/mol. The number of aromatic nitrogens is 2. The zero-order valence-corrected chi connectivity index (χ0v) is 10.5. The summed E-state index contributed by atoms with van der Waals surface area (Å²) in [5.74, 6) is 0. The van der Waals surface area contributed by atoms with Gasteiger partial charge in [-0.25, -0.2) is 4.98 Å². The minimum Gasteiger partial charge on any atom is -0.314 e. The Labute approximate surface area is 102 Å². The molecule has 3 nitrogen and oxygen atoms in total. The number of rotatable bonds is 5. The van der Waals surface area contributed by atoms with Crippen molar-refractivity contribution in [1.29, 1.82) is 0 Å². The van der Waals surface area contributed by atoms with E-state index in [1.54, 1.807) is 0 Å². The van der Waals surface area contributed by atoms with Gasteiger partial charge in [-0.1, -0.05) is 19.1 Å². The maximum atomic E-state index is 4.62. The first kappa shape index (κ1) is 12.0. The highest BCUT2D eigenvalue weighted by Gasteiger charge is 2.04. The second-order valence-electron chi connectivity index (χ2n) is 4.41. The predicted octanol–water partition coefficient (Wildman–Crippen LogP) is 2.56. The minimum atomic E-state index is 0.449. The molecule has 2 aromatic rings. The van der Waals surface area contributed by atoms with Crippen LogP contribution in [-0.4, -0.2) is 22.6 Å². The fraction of sp³-hybridized carbons (Fsp3) is 0.429. The molecule has 90 valence electrons. The molecule has 0 bridgehead atoms. The topological polar surface area (TPSA) is 37.8 Å². The Morgan fingerprint density at radius 2 is 2.00 bits per heavy atom. The molecule has 0 fully saturated rings. The van der Waals surface area contributed by atoms with Crippen LogP contribution in [0.25, 0.3) is 11.0 Å². The largest absolute Gasteiger partial charge is 0.314 e. The summed E-state index contributed by atoms with van der Waals surface area (Å²) in [5.41, 5.74) is 3.00. The molecule has 1 heterocycles. The summed E-state index contributed by atoms with van der Waals surface area (Å²) in [6.45, 7) is 5.42. The summed E-state index contributed by atoms with van der Waals surface area (Å²) in [6.07, 6.45) is 3.97. The van der Waals surface area contributed by atoms with Crippen molar-refractivity contribution in [3.63, 3.8) is 0 Å². The molecule has 1 atom stereocenters. The van der Waals surface area contributed by atoms with Crippen LogP contribution < -0.4 is 5.32 Å². The van der Waals surface area contributed by atoms with Gasteiger partial charge in [0.1, 0.15) is 0 Å². The number of nitrogens with zero attached hydrogens (tertiary/aromatic N) is 2. The lowest BCUT2D eigenvalue weighted by atomic mass is 10.2. The van der Waals surface area contributed by atoms with Crippen LogP contribution in [0.2, 0.25) is 0 Å². The second-order valence-corrected chi connectivity index (χ2v) is 4.41. The normalized spacial score (nSPS) is 12.8. The van der Waals surface area contributed by atoms with Crippen molar-refractivity contribution in [3.8, 4) is 0 Å². The maximum Gasteiger partial charge on any atom is 0.0890 e. The van der Waals surface area contributed by atoms with Gasteiger partial charge in [0.15, 0.2) is 0 Å². The van der Waals surface area contributed by atoms with Crippen LogP contribution >= 0.6 is 0 Å². The van der Waals surface area contributed by atoms with Crippen molar-refractivity contribution >= 4 is 11.0 Å². The fourth-order valence-electron chi connectivity index (χ4n) is 1.87. The van der Waals surface area contributed by atoms with E-state index in [0.717, 1.165) is 36.1 Å². The summed E-state index contributed by atoms with van der Waals surface area (Å²) in [4.78, 5) is 9.04. The van der Waals surface area contributed by atoms with Gasteiger partial charge in [0.05, 0.1) is 16.7 Å². The summed E-state index contributed by atoms with van der Waals surface area (Å²) < 4.78 is 0. The Balaban J connectivity index is 2.08.